The topological polar surface area (TPSA) is 47.4 Å². The average molecular weight is 434 g/mol. The minimum Gasteiger partial charge on any atom is -0.480 e. The van der Waals surface area contributed by atoms with Crippen LogP contribution in [0.5, 0.6) is 5.75 Å². The number of fused-ring (bicyclic) bond motifs is 1. The van der Waals surface area contributed by atoms with Gasteiger partial charge in [-0.2, -0.15) is 0 Å². The Morgan fingerprint density at radius 2 is 2.07 bits per heavy atom. The van der Waals surface area contributed by atoms with E-state index in [9.17, 15) is 9.18 Å². The Morgan fingerprint density at radius 1 is 1.33 bits per heavy atom. The first-order chi connectivity index (χ1) is 12.9. The van der Waals surface area contributed by atoms with Crippen LogP contribution in [-0.4, -0.2) is 33.5 Å². The monoisotopic (exact) mass is 433 g/mol. The van der Waals surface area contributed by atoms with Crippen LogP contribution in [0.15, 0.2) is 46.9 Å². The predicted octanol–water partition coefficient (Wildman–Crippen LogP) is 4.38. The second-order valence-corrected chi connectivity index (χ2v) is 7.14. The molecule has 5 nitrogen and oxygen atoms in total. The number of ether oxygens (including phenoxy) is 1. The zero-order valence-corrected chi connectivity index (χ0v) is 17.0. The Morgan fingerprint density at radius 3 is 2.78 bits per heavy atom. The van der Waals surface area contributed by atoms with E-state index in [1.54, 1.807) is 18.9 Å². The largest absolute Gasteiger partial charge is 0.480 e. The van der Waals surface area contributed by atoms with E-state index in [4.69, 9.17) is 4.74 Å². The van der Waals surface area contributed by atoms with Crippen molar-refractivity contribution in [2.24, 2.45) is 0 Å². The smallest absolute Gasteiger partial charge is 0.263 e. The number of likely N-dealkylation sites (N-methyl/N-ethyl adjacent to an activating group) is 1. The Kier molecular flexibility index (Phi) is 5.79. The lowest BCUT2D eigenvalue weighted by Gasteiger charge is -2.22. The highest BCUT2D eigenvalue weighted by Crippen LogP contribution is 2.26. The van der Waals surface area contributed by atoms with Gasteiger partial charge in [-0.3, -0.25) is 4.79 Å². The third-order valence-electron chi connectivity index (χ3n) is 4.35. The van der Waals surface area contributed by atoms with Gasteiger partial charge < -0.3 is 14.2 Å². The van der Waals surface area contributed by atoms with Crippen LogP contribution >= 0.6 is 15.9 Å². The van der Waals surface area contributed by atoms with Crippen LogP contribution in [0.2, 0.25) is 0 Å². The van der Waals surface area contributed by atoms with Crippen molar-refractivity contribution < 1.29 is 13.9 Å². The number of aromatic nitrogens is 2. The van der Waals surface area contributed by atoms with Crippen molar-refractivity contribution in [1.82, 2.24) is 14.5 Å². The Labute approximate surface area is 165 Å². The number of benzene rings is 2. The SMILES string of the molecule is CCn1c(CN(C)C(=O)C(C)Oc2ccc(F)cc2Br)nc2ccccc21. The van der Waals surface area contributed by atoms with Crippen LogP contribution < -0.4 is 4.74 Å². The van der Waals surface area contributed by atoms with Crippen LogP contribution in [0.4, 0.5) is 4.39 Å². The first-order valence-corrected chi connectivity index (χ1v) is 9.50. The number of rotatable bonds is 6. The summed E-state index contributed by atoms with van der Waals surface area (Å²) in [5.41, 5.74) is 1.96. The summed E-state index contributed by atoms with van der Waals surface area (Å²) >= 11 is 3.25. The lowest BCUT2D eigenvalue weighted by Crippen LogP contribution is -2.38. The zero-order valence-electron chi connectivity index (χ0n) is 15.4. The quantitative estimate of drug-likeness (QED) is 0.579. The number of hydrogen-bond acceptors (Lipinski definition) is 3. The molecule has 0 radical (unpaired) electrons. The minimum absolute atomic E-state index is 0.180. The Hall–Kier alpha value is -2.41. The molecule has 1 amide bonds. The second-order valence-electron chi connectivity index (χ2n) is 6.29. The van der Waals surface area contributed by atoms with E-state index in [-0.39, 0.29) is 11.7 Å². The predicted molar refractivity (Wildman–Crippen MR) is 106 cm³/mol. The number of halogens is 2. The molecule has 0 aliphatic rings. The minimum atomic E-state index is -0.712. The van der Waals surface area contributed by atoms with Crippen molar-refractivity contribution in [3.05, 3.63) is 58.6 Å². The van der Waals surface area contributed by atoms with E-state index in [1.807, 2.05) is 24.3 Å². The maximum absolute atomic E-state index is 13.2. The number of para-hydroxylation sites is 2. The number of nitrogens with zero attached hydrogens (tertiary/aromatic N) is 3. The number of carbonyl (C=O) groups excluding carboxylic acids is 1. The van der Waals surface area contributed by atoms with Gasteiger partial charge in [-0.15, -0.1) is 0 Å². The van der Waals surface area contributed by atoms with Gasteiger partial charge in [-0.05, 0) is 60.1 Å². The Bertz CT molecular complexity index is 973. The lowest BCUT2D eigenvalue weighted by molar-refractivity contribution is -0.137. The first-order valence-electron chi connectivity index (χ1n) is 8.71. The molecule has 142 valence electrons. The standard InChI is InChI=1S/C20H21BrFN3O2/c1-4-25-17-8-6-5-7-16(17)23-19(25)12-24(3)20(26)13(2)27-18-10-9-14(22)11-15(18)21/h5-11,13H,4,12H2,1-3H3. The molecule has 1 atom stereocenters. The zero-order chi connectivity index (χ0) is 19.6. The lowest BCUT2D eigenvalue weighted by atomic mass is 10.3. The summed E-state index contributed by atoms with van der Waals surface area (Å²) in [4.78, 5) is 19.0. The molecule has 0 spiro atoms. The third-order valence-corrected chi connectivity index (χ3v) is 4.97. The van der Waals surface area contributed by atoms with Gasteiger partial charge in [0.1, 0.15) is 17.4 Å². The van der Waals surface area contributed by atoms with Gasteiger partial charge in [0.25, 0.3) is 5.91 Å². The first kappa shape index (κ1) is 19.4. The van der Waals surface area contributed by atoms with Crippen molar-refractivity contribution in [1.29, 1.82) is 0 Å². The van der Waals surface area contributed by atoms with Crippen LogP contribution in [0.25, 0.3) is 11.0 Å². The normalized spacial score (nSPS) is 12.2. The maximum Gasteiger partial charge on any atom is 0.263 e. The highest BCUT2D eigenvalue weighted by Gasteiger charge is 2.22. The van der Waals surface area contributed by atoms with Crippen molar-refractivity contribution in [2.75, 3.05) is 7.05 Å². The molecular weight excluding hydrogens is 413 g/mol. The number of amides is 1. The van der Waals surface area contributed by atoms with Crippen molar-refractivity contribution in [3.8, 4) is 5.75 Å². The molecule has 1 heterocycles. The molecule has 7 heteroatoms. The molecule has 0 saturated carbocycles. The molecule has 27 heavy (non-hydrogen) atoms. The average Bonchev–Trinajstić information content (AvgIpc) is 3.00. The molecule has 1 unspecified atom stereocenters. The van der Waals surface area contributed by atoms with E-state index in [2.05, 4.69) is 32.4 Å². The molecule has 0 aliphatic carbocycles. The highest BCUT2D eigenvalue weighted by atomic mass is 79.9. The summed E-state index contributed by atoms with van der Waals surface area (Å²) < 4.78 is 21.5. The molecule has 3 aromatic rings. The summed E-state index contributed by atoms with van der Waals surface area (Å²) in [5, 5.41) is 0. The van der Waals surface area contributed by atoms with Gasteiger partial charge in [0.05, 0.1) is 22.1 Å². The molecule has 0 aliphatic heterocycles. The van der Waals surface area contributed by atoms with Crippen molar-refractivity contribution in [3.63, 3.8) is 0 Å². The van der Waals surface area contributed by atoms with Crippen LogP contribution in [0.1, 0.15) is 19.7 Å². The molecule has 2 aromatic carbocycles. The molecule has 3 rings (SSSR count). The molecule has 0 saturated heterocycles. The fraction of sp³-hybridized carbons (Fsp3) is 0.300. The van der Waals surface area contributed by atoms with Crippen molar-refractivity contribution >= 4 is 32.9 Å². The van der Waals surface area contributed by atoms with Gasteiger partial charge in [-0.25, -0.2) is 9.37 Å². The van der Waals surface area contributed by atoms with E-state index in [0.29, 0.717) is 16.8 Å². The van der Waals surface area contributed by atoms with Gasteiger partial charge in [0.15, 0.2) is 6.10 Å². The van der Waals surface area contributed by atoms with E-state index in [0.717, 1.165) is 23.4 Å². The van der Waals surface area contributed by atoms with Crippen LogP contribution in [0.3, 0.4) is 0 Å². The second kappa shape index (κ2) is 8.08. The van der Waals surface area contributed by atoms with Gasteiger partial charge in [-0.1, -0.05) is 12.1 Å². The summed E-state index contributed by atoms with van der Waals surface area (Å²) in [6.45, 7) is 4.88. The maximum atomic E-state index is 13.2. The summed E-state index contributed by atoms with van der Waals surface area (Å²) in [5.74, 6) is 0.695. The fourth-order valence-corrected chi connectivity index (χ4v) is 3.46. The molecule has 0 bridgehead atoms. The van der Waals surface area contributed by atoms with Gasteiger partial charge in [0.2, 0.25) is 0 Å². The van der Waals surface area contributed by atoms with Crippen molar-refractivity contribution in [2.45, 2.75) is 33.0 Å². The number of carbonyl (C=O) groups is 1. The van der Waals surface area contributed by atoms with Crippen LogP contribution in [0, 0.1) is 5.82 Å². The summed E-state index contributed by atoms with van der Waals surface area (Å²) in [6, 6.07) is 12.0. The number of imidazole rings is 1. The summed E-state index contributed by atoms with van der Waals surface area (Å²) in [6.07, 6.45) is -0.712. The molecular formula is C20H21BrFN3O2. The van der Waals surface area contributed by atoms with Gasteiger partial charge in [0, 0.05) is 13.6 Å². The molecule has 0 fully saturated rings. The van der Waals surface area contributed by atoms with Gasteiger partial charge >= 0.3 is 0 Å². The van der Waals surface area contributed by atoms with Crippen LogP contribution in [-0.2, 0) is 17.9 Å². The molecule has 1 aromatic heterocycles. The Balaban J connectivity index is 1.73. The third kappa shape index (κ3) is 4.13. The number of aryl methyl sites for hydroxylation is 1. The highest BCUT2D eigenvalue weighted by molar-refractivity contribution is 9.10. The number of hydrogen-bond donors (Lipinski definition) is 0. The van der Waals surface area contributed by atoms with E-state index in [1.165, 1.54) is 18.2 Å². The fourth-order valence-electron chi connectivity index (χ4n) is 3.01. The van der Waals surface area contributed by atoms with E-state index >= 15 is 0 Å². The summed E-state index contributed by atoms with van der Waals surface area (Å²) in [7, 11) is 1.72. The van der Waals surface area contributed by atoms with E-state index < -0.39 is 6.10 Å². The molecule has 0 N–H and O–H groups in total.